The number of rotatable bonds is 1. The Labute approximate surface area is 93.6 Å². The fourth-order valence-corrected chi connectivity index (χ4v) is 2.27. The van der Waals surface area contributed by atoms with Crippen LogP contribution in [0.4, 0.5) is 4.39 Å². The van der Waals surface area contributed by atoms with Crippen molar-refractivity contribution in [2.45, 2.75) is 5.16 Å². The number of sulfone groups is 1. The summed E-state index contributed by atoms with van der Waals surface area (Å²) in [5.41, 5.74) is 0.749. The van der Waals surface area contributed by atoms with E-state index >= 15 is 0 Å². The highest BCUT2D eigenvalue weighted by atomic mass is 79.9. The van der Waals surface area contributed by atoms with E-state index in [9.17, 15) is 12.8 Å². The van der Waals surface area contributed by atoms with Gasteiger partial charge in [-0.05, 0) is 28.1 Å². The second kappa shape index (κ2) is 3.28. The molecule has 1 heterocycles. The van der Waals surface area contributed by atoms with Crippen LogP contribution in [0.5, 0.6) is 0 Å². The molecule has 7 heteroatoms. The van der Waals surface area contributed by atoms with E-state index in [-0.39, 0.29) is 5.16 Å². The van der Waals surface area contributed by atoms with Gasteiger partial charge in [0, 0.05) is 10.7 Å². The van der Waals surface area contributed by atoms with Crippen LogP contribution in [0.15, 0.2) is 21.8 Å². The number of hydrogen-bond donors (Lipinski definition) is 1. The molecule has 1 aromatic carbocycles. The van der Waals surface area contributed by atoms with Crippen LogP contribution < -0.4 is 0 Å². The Kier molecular flexibility index (Phi) is 2.31. The van der Waals surface area contributed by atoms with E-state index in [0.717, 1.165) is 6.26 Å². The first-order chi connectivity index (χ1) is 6.88. The number of hydrogen-bond acceptors (Lipinski definition) is 3. The molecule has 0 amide bonds. The predicted octanol–water partition coefficient (Wildman–Crippen LogP) is 1.87. The van der Waals surface area contributed by atoms with Crippen LogP contribution in [0, 0.1) is 5.82 Å². The summed E-state index contributed by atoms with van der Waals surface area (Å²) in [6.45, 7) is 0. The number of H-pyrrole nitrogens is 1. The van der Waals surface area contributed by atoms with Crippen molar-refractivity contribution in [1.29, 1.82) is 0 Å². The zero-order valence-electron chi connectivity index (χ0n) is 7.58. The van der Waals surface area contributed by atoms with Gasteiger partial charge < -0.3 is 4.98 Å². The van der Waals surface area contributed by atoms with Gasteiger partial charge in [-0.3, -0.25) is 0 Å². The first-order valence-electron chi connectivity index (χ1n) is 3.93. The number of aromatic amines is 1. The maximum Gasteiger partial charge on any atom is 0.225 e. The number of benzene rings is 1. The molecular formula is C8H6BrFN2O2S. The zero-order chi connectivity index (χ0) is 11.2. The average molecular weight is 293 g/mol. The maximum atomic E-state index is 13.0. The van der Waals surface area contributed by atoms with E-state index < -0.39 is 15.7 Å². The van der Waals surface area contributed by atoms with Gasteiger partial charge in [-0.25, -0.2) is 17.8 Å². The van der Waals surface area contributed by atoms with Crippen LogP contribution in [0.1, 0.15) is 0 Å². The van der Waals surface area contributed by atoms with Gasteiger partial charge in [0.05, 0.1) is 5.52 Å². The van der Waals surface area contributed by atoms with Crippen LogP contribution in [0.25, 0.3) is 11.0 Å². The van der Waals surface area contributed by atoms with Crippen LogP contribution in [0.3, 0.4) is 0 Å². The number of nitrogens with one attached hydrogen (secondary N) is 1. The van der Waals surface area contributed by atoms with Gasteiger partial charge in [0.15, 0.2) is 0 Å². The standard InChI is InChI=1S/C8H6BrFN2O2S/c1-15(13,14)8-11-6-3-4(10)2-5(9)7(6)12-8/h2-3H,1H3,(H,11,12). The number of fused-ring (bicyclic) bond motifs is 1. The molecule has 15 heavy (non-hydrogen) atoms. The van der Waals surface area contributed by atoms with Gasteiger partial charge in [-0.1, -0.05) is 0 Å². The highest BCUT2D eigenvalue weighted by Gasteiger charge is 2.15. The summed E-state index contributed by atoms with van der Waals surface area (Å²) in [6, 6.07) is 2.43. The van der Waals surface area contributed by atoms with Gasteiger partial charge in [0.2, 0.25) is 15.0 Å². The quantitative estimate of drug-likeness (QED) is 0.873. The van der Waals surface area contributed by atoms with Crippen molar-refractivity contribution in [2.75, 3.05) is 6.26 Å². The topological polar surface area (TPSA) is 62.8 Å². The van der Waals surface area contributed by atoms with Crippen LogP contribution >= 0.6 is 15.9 Å². The molecule has 1 N–H and O–H groups in total. The number of nitrogens with zero attached hydrogens (tertiary/aromatic N) is 1. The Balaban J connectivity index is 2.82. The highest BCUT2D eigenvalue weighted by Crippen LogP contribution is 2.24. The minimum Gasteiger partial charge on any atom is -0.329 e. The molecule has 0 bridgehead atoms. The molecule has 0 saturated carbocycles. The zero-order valence-corrected chi connectivity index (χ0v) is 9.99. The SMILES string of the molecule is CS(=O)(=O)c1nc2c(Br)cc(F)cc2[nH]1. The molecule has 0 aliphatic rings. The molecule has 0 unspecified atom stereocenters. The molecular weight excluding hydrogens is 287 g/mol. The van der Waals surface area contributed by atoms with Crippen molar-refractivity contribution in [1.82, 2.24) is 9.97 Å². The third-order valence-corrected chi connectivity index (χ3v) is 3.33. The highest BCUT2D eigenvalue weighted by molar-refractivity contribution is 9.10. The van der Waals surface area contributed by atoms with E-state index in [1.807, 2.05) is 0 Å². The lowest BCUT2D eigenvalue weighted by molar-refractivity contribution is 0.595. The third kappa shape index (κ3) is 1.89. The maximum absolute atomic E-state index is 13.0. The van der Waals surface area contributed by atoms with Gasteiger partial charge in [0.1, 0.15) is 11.3 Å². The molecule has 0 saturated heterocycles. The fraction of sp³-hybridized carbons (Fsp3) is 0.125. The van der Waals surface area contributed by atoms with Crippen molar-refractivity contribution >= 4 is 36.8 Å². The Morgan fingerprint density at radius 3 is 2.73 bits per heavy atom. The second-order valence-corrected chi connectivity index (χ2v) is 5.88. The molecule has 0 aliphatic carbocycles. The van der Waals surface area contributed by atoms with Gasteiger partial charge in [-0.15, -0.1) is 0 Å². The van der Waals surface area contributed by atoms with Gasteiger partial charge in [0.25, 0.3) is 0 Å². The molecule has 2 rings (SSSR count). The molecule has 80 valence electrons. The minimum absolute atomic E-state index is 0.163. The lowest BCUT2D eigenvalue weighted by atomic mass is 10.3. The summed E-state index contributed by atoms with van der Waals surface area (Å²) in [5.74, 6) is -0.460. The van der Waals surface area contributed by atoms with E-state index in [0.29, 0.717) is 15.5 Å². The lowest BCUT2D eigenvalue weighted by Gasteiger charge is -1.91. The molecule has 0 aliphatic heterocycles. The Morgan fingerprint density at radius 1 is 1.47 bits per heavy atom. The molecule has 2 aromatic rings. The van der Waals surface area contributed by atoms with Crippen molar-refractivity contribution in [3.8, 4) is 0 Å². The van der Waals surface area contributed by atoms with E-state index in [1.165, 1.54) is 12.1 Å². The van der Waals surface area contributed by atoms with Gasteiger partial charge >= 0.3 is 0 Å². The smallest absolute Gasteiger partial charge is 0.225 e. The molecule has 0 atom stereocenters. The first kappa shape index (κ1) is 10.6. The predicted molar refractivity (Wildman–Crippen MR) is 56.9 cm³/mol. The normalized spacial score (nSPS) is 12.2. The summed E-state index contributed by atoms with van der Waals surface area (Å²) in [6.07, 6.45) is 1.04. The van der Waals surface area contributed by atoms with Crippen molar-refractivity contribution in [3.05, 3.63) is 22.4 Å². The van der Waals surface area contributed by atoms with E-state index in [1.54, 1.807) is 0 Å². The summed E-state index contributed by atoms with van der Waals surface area (Å²) in [7, 11) is -3.40. The number of halogens is 2. The van der Waals surface area contributed by atoms with E-state index in [4.69, 9.17) is 0 Å². The summed E-state index contributed by atoms with van der Waals surface area (Å²) >= 11 is 3.11. The monoisotopic (exact) mass is 292 g/mol. The molecule has 4 nitrogen and oxygen atoms in total. The molecule has 1 aromatic heterocycles. The summed E-state index contributed by atoms with van der Waals surface area (Å²) in [4.78, 5) is 6.42. The number of aromatic nitrogens is 2. The Hall–Kier alpha value is -0.950. The van der Waals surface area contributed by atoms with Crippen molar-refractivity contribution < 1.29 is 12.8 Å². The van der Waals surface area contributed by atoms with Gasteiger partial charge in [-0.2, -0.15) is 0 Å². The van der Waals surface area contributed by atoms with Crippen molar-refractivity contribution in [2.24, 2.45) is 0 Å². The Bertz CT molecular complexity index is 635. The summed E-state index contributed by atoms with van der Waals surface area (Å²) in [5, 5.41) is -0.163. The largest absolute Gasteiger partial charge is 0.329 e. The second-order valence-electron chi connectivity index (χ2n) is 3.10. The minimum atomic E-state index is -3.40. The van der Waals surface area contributed by atoms with Crippen LogP contribution in [-0.4, -0.2) is 24.6 Å². The molecule has 0 fully saturated rings. The average Bonchev–Trinajstić information content (AvgIpc) is 2.46. The number of imidazole rings is 1. The molecule has 0 spiro atoms. The van der Waals surface area contributed by atoms with Crippen LogP contribution in [-0.2, 0) is 9.84 Å². The Morgan fingerprint density at radius 2 is 2.13 bits per heavy atom. The van der Waals surface area contributed by atoms with Crippen molar-refractivity contribution in [3.63, 3.8) is 0 Å². The van der Waals surface area contributed by atoms with Crippen LogP contribution in [0.2, 0.25) is 0 Å². The fourth-order valence-electron chi connectivity index (χ4n) is 1.20. The molecule has 0 radical (unpaired) electrons. The van der Waals surface area contributed by atoms with E-state index in [2.05, 4.69) is 25.9 Å². The first-order valence-corrected chi connectivity index (χ1v) is 6.61. The summed E-state index contributed by atoms with van der Waals surface area (Å²) < 4.78 is 35.8. The lowest BCUT2D eigenvalue weighted by Crippen LogP contribution is -1.98. The third-order valence-electron chi connectivity index (χ3n) is 1.83.